The molecular weight excluding hydrogens is 312 g/mol. The van der Waals surface area contributed by atoms with Crippen LogP contribution in [0.5, 0.6) is 0 Å². The normalized spacial score (nSPS) is 28.2. The van der Waals surface area contributed by atoms with Crippen molar-refractivity contribution in [3.8, 4) is 0 Å². The highest BCUT2D eigenvalue weighted by molar-refractivity contribution is 5.82. The summed E-state index contributed by atoms with van der Waals surface area (Å²) >= 11 is 0. The number of nitrogens with one attached hydrogen (secondary N) is 2. The number of nitro groups is 1. The highest BCUT2D eigenvalue weighted by Gasteiger charge is 2.54. The molecule has 1 aliphatic heterocycles. The minimum Gasteiger partial charge on any atom is -0.342 e. The lowest BCUT2D eigenvalue weighted by Gasteiger charge is -2.33. The molecule has 0 radical (unpaired) electrons. The molecule has 3 rings (SSSR count). The minimum atomic E-state index is -0.686. The number of rotatable bonds is 4. The van der Waals surface area contributed by atoms with Gasteiger partial charge in [0.1, 0.15) is 5.92 Å². The Morgan fingerprint density at radius 2 is 1.54 bits per heavy atom. The molecular formula is C16H26N4O4. The Morgan fingerprint density at radius 3 is 2.08 bits per heavy atom. The molecule has 2 unspecified atom stereocenters. The SMILES string of the molecule is O=C(NC1CCCCC1)NC1CCN(C(=O)C2CC2[N+](=O)[O-])CC1. The van der Waals surface area contributed by atoms with E-state index < -0.39 is 12.0 Å². The number of hydrogen-bond donors (Lipinski definition) is 2. The zero-order chi connectivity index (χ0) is 17.1. The van der Waals surface area contributed by atoms with Crippen molar-refractivity contribution in [3.63, 3.8) is 0 Å². The number of nitrogens with zero attached hydrogens (tertiary/aromatic N) is 2. The van der Waals surface area contributed by atoms with Crippen molar-refractivity contribution in [2.45, 2.75) is 69.5 Å². The van der Waals surface area contributed by atoms with E-state index in [4.69, 9.17) is 0 Å². The van der Waals surface area contributed by atoms with Crippen molar-refractivity contribution in [2.24, 2.45) is 5.92 Å². The van der Waals surface area contributed by atoms with Crippen molar-refractivity contribution < 1.29 is 14.5 Å². The Balaban J connectivity index is 1.36. The summed E-state index contributed by atoms with van der Waals surface area (Å²) in [5, 5.41) is 16.7. The van der Waals surface area contributed by atoms with Gasteiger partial charge >= 0.3 is 6.03 Å². The van der Waals surface area contributed by atoms with Crippen molar-refractivity contribution in [1.82, 2.24) is 15.5 Å². The maximum absolute atomic E-state index is 12.2. The van der Waals surface area contributed by atoms with Crippen LogP contribution < -0.4 is 10.6 Å². The van der Waals surface area contributed by atoms with Crippen LogP contribution in [0.25, 0.3) is 0 Å². The average Bonchev–Trinajstić information content (AvgIpc) is 3.36. The summed E-state index contributed by atoms with van der Waals surface area (Å²) < 4.78 is 0. The Hall–Kier alpha value is -1.86. The molecule has 24 heavy (non-hydrogen) atoms. The van der Waals surface area contributed by atoms with Crippen LogP contribution in [0.3, 0.4) is 0 Å². The average molecular weight is 338 g/mol. The van der Waals surface area contributed by atoms with Gasteiger partial charge in [-0.3, -0.25) is 14.9 Å². The fourth-order valence-corrected chi connectivity index (χ4v) is 3.82. The maximum Gasteiger partial charge on any atom is 0.315 e. The monoisotopic (exact) mass is 338 g/mol. The first-order valence-electron chi connectivity index (χ1n) is 9.04. The van der Waals surface area contributed by atoms with Gasteiger partial charge in [0, 0.05) is 36.5 Å². The van der Waals surface area contributed by atoms with Gasteiger partial charge in [0.2, 0.25) is 11.9 Å². The fraction of sp³-hybridized carbons (Fsp3) is 0.875. The molecule has 1 heterocycles. The second kappa shape index (κ2) is 7.36. The van der Waals surface area contributed by atoms with E-state index in [9.17, 15) is 19.7 Å². The summed E-state index contributed by atoms with van der Waals surface area (Å²) in [4.78, 5) is 36.3. The first-order valence-corrected chi connectivity index (χ1v) is 9.04. The third kappa shape index (κ3) is 4.15. The molecule has 0 bridgehead atoms. The van der Waals surface area contributed by atoms with Crippen LogP contribution in [0.1, 0.15) is 51.4 Å². The third-order valence-corrected chi connectivity index (χ3v) is 5.43. The molecule has 2 aliphatic carbocycles. The van der Waals surface area contributed by atoms with Crippen LogP contribution in [-0.2, 0) is 4.79 Å². The molecule has 0 aromatic heterocycles. The first-order chi connectivity index (χ1) is 11.5. The van der Waals surface area contributed by atoms with E-state index in [-0.39, 0.29) is 28.9 Å². The summed E-state index contributed by atoms with van der Waals surface area (Å²) in [5.41, 5.74) is 0. The maximum atomic E-state index is 12.2. The Bertz CT molecular complexity index is 498. The molecule has 2 N–H and O–H groups in total. The highest BCUT2D eigenvalue weighted by Crippen LogP contribution is 2.35. The number of carbonyl (C=O) groups excluding carboxylic acids is 2. The van der Waals surface area contributed by atoms with Gasteiger partial charge < -0.3 is 15.5 Å². The zero-order valence-electron chi connectivity index (χ0n) is 13.9. The number of likely N-dealkylation sites (tertiary alicyclic amines) is 1. The van der Waals surface area contributed by atoms with Crippen molar-refractivity contribution in [3.05, 3.63) is 10.1 Å². The lowest BCUT2D eigenvalue weighted by atomic mass is 9.96. The van der Waals surface area contributed by atoms with Gasteiger partial charge in [-0.1, -0.05) is 19.3 Å². The number of carbonyl (C=O) groups is 2. The van der Waals surface area contributed by atoms with Gasteiger partial charge in [-0.15, -0.1) is 0 Å². The Morgan fingerprint density at radius 1 is 0.958 bits per heavy atom. The smallest absolute Gasteiger partial charge is 0.315 e. The Labute approximate surface area is 141 Å². The lowest BCUT2D eigenvalue weighted by molar-refractivity contribution is -0.497. The van der Waals surface area contributed by atoms with E-state index in [0.717, 1.165) is 12.8 Å². The van der Waals surface area contributed by atoms with Crippen molar-refractivity contribution >= 4 is 11.9 Å². The topological polar surface area (TPSA) is 105 Å². The highest BCUT2D eigenvalue weighted by atomic mass is 16.6. The Kier molecular flexibility index (Phi) is 5.20. The molecule has 0 aromatic carbocycles. The van der Waals surface area contributed by atoms with Gasteiger partial charge in [0.15, 0.2) is 0 Å². The van der Waals surface area contributed by atoms with E-state index in [1.807, 2.05) is 0 Å². The third-order valence-electron chi connectivity index (χ3n) is 5.43. The number of amides is 3. The van der Waals surface area contributed by atoms with E-state index in [0.29, 0.717) is 32.4 Å². The van der Waals surface area contributed by atoms with Crippen molar-refractivity contribution in [2.75, 3.05) is 13.1 Å². The van der Waals surface area contributed by atoms with E-state index in [1.165, 1.54) is 19.3 Å². The van der Waals surface area contributed by atoms with Crippen LogP contribution in [0.4, 0.5) is 4.79 Å². The van der Waals surface area contributed by atoms with Gasteiger partial charge in [0.25, 0.3) is 0 Å². The molecule has 8 heteroatoms. The lowest BCUT2D eigenvalue weighted by Crippen LogP contribution is -2.51. The number of hydrogen-bond acceptors (Lipinski definition) is 4. The minimum absolute atomic E-state index is 0.0724. The second-order valence-corrected chi connectivity index (χ2v) is 7.25. The van der Waals surface area contributed by atoms with Gasteiger partial charge in [-0.25, -0.2) is 4.79 Å². The second-order valence-electron chi connectivity index (χ2n) is 7.25. The number of piperidine rings is 1. The summed E-state index contributed by atoms with van der Waals surface area (Å²) in [5.74, 6) is -0.527. The van der Waals surface area contributed by atoms with Gasteiger partial charge in [0.05, 0.1) is 0 Å². The first kappa shape index (κ1) is 17.0. The van der Waals surface area contributed by atoms with Crippen LogP contribution in [0, 0.1) is 16.0 Å². The zero-order valence-corrected chi connectivity index (χ0v) is 13.9. The molecule has 3 fully saturated rings. The van der Waals surface area contributed by atoms with Gasteiger partial charge in [-0.05, 0) is 25.7 Å². The molecule has 2 atom stereocenters. The van der Waals surface area contributed by atoms with E-state index in [1.54, 1.807) is 4.90 Å². The van der Waals surface area contributed by atoms with Crippen LogP contribution in [-0.4, -0.2) is 53.0 Å². The van der Waals surface area contributed by atoms with E-state index >= 15 is 0 Å². The quantitative estimate of drug-likeness (QED) is 0.595. The predicted octanol–water partition coefficient (Wildman–Crippen LogP) is 1.27. The van der Waals surface area contributed by atoms with Crippen LogP contribution >= 0.6 is 0 Å². The summed E-state index contributed by atoms with van der Waals surface area (Å²) in [7, 11) is 0. The van der Waals surface area contributed by atoms with Crippen LogP contribution in [0.15, 0.2) is 0 Å². The van der Waals surface area contributed by atoms with Crippen molar-refractivity contribution in [1.29, 1.82) is 0 Å². The standard InChI is InChI=1S/C16H26N4O4/c21-15(13-10-14(13)20(23)24)19-8-6-12(7-9-19)18-16(22)17-11-4-2-1-3-5-11/h11-14H,1-10H2,(H2,17,18,22). The molecule has 8 nitrogen and oxygen atoms in total. The molecule has 3 aliphatic rings. The largest absolute Gasteiger partial charge is 0.342 e. The van der Waals surface area contributed by atoms with E-state index in [2.05, 4.69) is 10.6 Å². The van der Waals surface area contributed by atoms with Gasteiger partial charge in [-0.2, -0.15) is 0 Å². The molecule has 0 spiro atoms. The van der Waals surface area contributed by atoms with Crippen LogP contribution in [0.2, 0.25) is 0 Å². The molecule has 3 amide bonds. The molecule has 0 aromatic rings. The predicted molar refractivity (Wildman–Crippen MR) is 87.0 cm³/mol. The molecule has 2 saturated carbocycles. The summed E-state index contributed by atoms with van der Waals surface area (Å²) in [6.07, 6.45) is 7.51. The summed E-state index contributed by atoms with van der Waals surface area (Å²) in [6.45, 7) is 1.13. The summed E-state index contributed by atoms with van der Waals surface area (Å²) in [6, 6.07) is -0.436. The number of urea groups is 1. The fourth-order valence-electron chi connectivity index (χ4n) is 3.82. The molecule has 1 saturated heterocycles. The molecule has 134 valence electrons.